The Morgan fingerprint density at radius 3 is 2.43 bits per heavy atom. The van der Waals surface area contributed by atoms with Crippen LogP contribution >= 0.6 is 0 Å². The van der Waals surface area contributed by atoms with Gasteiger partial charge in [-0.1, -0.05) is 36.4 Å². The molecule has 0 spiro atoms. The van der Waals surface area contributed by atoms with Crippen LogP contribution in [0.15, 0.2) is 60.9 Å². The number of ketones is 1. The lowest BCUT2D eigenvalue weighted by atomic mass is 9.93. The zero-order valence-electron chi connectivity index (χ0n) is 17.4. The lowest BCUT2D eigenvalue weighted by Crippen LogP contribution is -2.31. The molecule has 0 radical (unpaired) electrons. The summed E-state index contributed by atoms with van der Waals surface area (Å²) in [4.78, 5) is 24.1. The Labute approximate surface area is 178 Å². The van der Waals surface area contributed by atoms with Crippen LogP contribution in [0.1, 0.15) is 34.6 Å². The highest BCUT2D eigenvalue weighted by atomic mass is 16.1. The van der Waals surface area contributed by atoms with Crippen molar-refractivity contribution in [3.05, 3.63) is 77.9 Å². The molecule has 154 valence electrons. The van der Waals surface area contributed by atoms with Crippen molar-refractivity contribution in [2.24, 2.45) is 5.92 Å². The fraction of sp³-hybridized carbons (Fsp3) is 0.320. The summed E-state index contributed by atoms with van der Waals surface area (Å²) in [6.45, 7) is 2.26. The Morgan fingerprint density at radius 2 is 1.73 bits per heavy atom. The maximum absolute atomic E-state index is 12.8. The molecular weight excluding hydrogens is 372 g/mol. The maximum atomic E-state index is 12.8. The second-order valence-electron chi connectivity index (χ2n) is 8.22. The second-order valence-corrected chi connectivity index (χ2v) is 8.22. The van der Waals surface area contributed by atoms with Gasteiger partial charge in [-0.25, -0.2) is 9.97 Å². The Morgan fingerprint density at radius 1 is 1.03 bits per heavy atom. The Balaban J connectivity index is 1.42. The van der Waals surface area contributed by atoms with Crippen molar-refractivity contribution in [3.8, 4) is 11.1 Å². The van der Waals surface area contributed by atoms with Gasteiger partial charge in [-0.2, -0.15) is 0 Å². The number of likely N-dealkylation sites (tertiary alicyclic amines) is 1. The quantitative estimate of drug-likeness (QED) is 0.499. The number of nitrogens with two attached hydrogens (primary N) is 1. The number of aromatic nitrogens is 2. The number of piperidine rings is 1. The van der Waals surface area contributed by atoms with Crippen LogP contribution in [0.4, 0.5) is 5.69 Å². The van der Waals surface area contributed by atoms with Gasteiger partial charge in [0.2, 0.25) is 0 Å². The molecule has 0 unspecified atom stereocenters. The number of hydrogen-bond donors (Lipinski definition) is 1. The first-order valence-electron chi connectivity index (χ1n) is 10.5. The molecule has 1 fully saturated rings. The van der Waals surface area contributed by atoms with E-state index < -0.39 is 0 Å². The highest BCUT2D eigenvalue weighted by Gasteiger charge is 2.18. The van der Waals surface area contributed by atoms with E-state index in [0.717, 1.165) is 42.0 Å². The van der Waals surface area contributed by atoms with E-state index in [2.05, 4.69) is 21.9 Å². The summed E-state index contributed by atoms with van der Waals surface area (Å²) < 4.78 is 0. The van der Waals surface area contributed by atoms with Gasteiger partial charge in [-0.15, -0.1) is 0 Å². The predicted octanol–water partition coefficient (Wildman–Crippen LogP) is 4.04. The molecule has 0 saturated carbocycles. The summed E-state index contributed by atoms with van der Waals surface area (Å²) in [5.74, 6) is 1.44. The van der Waals surface area contributed by atoms with Crippen molar-refractivity contribution in [2.45, 2.75) is 25.7 Å². The van der Waals surface area contributed by atoms with Crippen LogP contribution in [0.25, 0.3) is 11.1 Å². The van der Waals surface area contributed by atoms with E-state index in [1.54, 1.807) is 12.4 Å². The SMILES string of the molecule is CN1CCC(Cc2ncc(C(=O)Cc3cc(-c4ccccc4)ccc3N)cn2)CC1. The number of carbonyl (C=O) groups is 1. The largest absolute Gasteiger partial charge is 0.398 e. The standard InChI is InChI=1S/C25H28N4O/c1-29-11-9-18(10-12-29)13-25-27-16-22(17-28-25)24(30)15-21-14-20(7-8-23(21)26)19-5-3-2-4-6-19/h2-8,14,16-18H,9-13,15,26H2,1H3. The fourth-order valence-corrected chi connectivity index (χ4v) is 3.97. The molecular formula is C25H28N4O. The Bertz CT molecular complexity index is 993. The van der Waals surface area contributed by atoms with Crippen LogP contribution < -0.4 is 5.73 Å². The number of nitrogen functional groups attached to an aromatic ring is 1. The monoisotopic (exact) mass is 400 g/mol. The van der Waals surface area contributed by atoms with Crippen LogP contribution in [0.2, 0.25) is 0 Å². The van der Waals surface area contributed by atoms with Crippen LogP contribution in [0.5, 0.6) is 0 Å². The smallest absolute Gasteiger partial charge is 0.170 e. The highest BCUT2D eigenvalue weighted by molar-refractivity contribution is 5.97. The van der Waals surface area contributed by atoms with Crippen LogP contribution in [0, 0.1) is 5.92 Å². The van der Waals surface area contributed by atoms with E-state index in [1.807, 2.05) is 48.5 Å². The lowest BCUT2D eigenvalue weighted by Gasteiger charge is -2.28. The molecule has 5 heteroatoms. The fourth-order valence-electron chi connectivity index (χ4n) is 3.97. The maximum Gasteiger partial charge on any atom is 0.170 e. The van der Waals surface area contributed by atoms with Crippen molar-refractivity contribution in [1.29, 1.82) is 0 Å². The van der Waals surface area contributed by atoms with Crippen molar-refractivity contribution in [2.75, 3.05) is 25.9 Å². The van der Waals surface area contributed by atoms with E-state index in [4.69, 9.17) is 5.73 Å². The van der Waals surface area contributed by atoms with Gasteiger partial charge in [0.1, 0.15) is 5.82 Å². The van der Waals surface area contributed by atoms with Gasteiger partial charge in [0.05, 0.1) is 5.56 Å². The number of benzene rings is 2. The number of anilines is 1. The first-order valence-corrected chi connectivity index (χ1v) is 10.5. The Hall–Kier alpha value is -3.05. The average Bonchev–Trinajstić information content (AvgIpc) is 2.78. The number of rotatable bonds is 6. The summed E-state index contributed by atoms with van der Waals surface area (Å²) in [5.41, 5.74) is 10.3. The molecule has 0 atom stereocenters. The van der Waals surface area contributed by atoms with Crippen LogP contribution in [0.3, 0.4) is 0 Å². The minimum Gasteiger partial charge on any atom is -0.398 e. The molecule has 2 aromatic carbocycles. The molecule has 1 aliphatic heterocycles. The third-order valence-corrected chi connectivity index (χ3v) is 5.94. The average molecular weight is 401 g/mol. The van der Waals surface area contributed by atoms with Gasteiger partial charge >= 0.3 is 0 Å². The number of hydrogen-bond acceptors (Lipinski definition) is 5. The molecule has 0 amide bonds. The number of carbonyl (C=O) groups excluding carboxylic acids is 1. The van der Waals surface area contributed by atoms with Gasteiger partial charge in [0, 0.05) is 30.9 Å². The molecule has 2 N–H and O–H groups in total. The van der Waals surface area contributed by atoms with Gasteiger partial charge in [0.25, 0.3) is 0 Å². The van der Waals surface area contributed by atoms with E-state index >= 15 is 0 Å². The Kier molecular flexibility index (Phi) is 6.19. The second kappa shape index (κ2) is 9.18. The summed E-state index contributed by atoms with van der Waals surface area (Å²) in [6, 6.07) is 15.9. The van der Waals surface area contributed by atoms with Crippen molar-refractivity contribution >= 4 is 11.5 Å². The minimum absolute atomic E-state index is 0.0160. The molecule has 3 aromatic rings. The lowest BCUT2D eigenvalue weighted by molar-refractivity contribution is 0.0992. The molecule has 1 saturated heterocycles. The van der Waals surface area contributed by atoms with Gasteiger partial charge in [-0.3, -0.25) is 4.79 Å². The normalized spacial score (nSPS) is 15.2. The van der Waals surface area contributed by atoms with Crippen LogP contribution in [-0.4, -0.2) is 40.8 Å². The van der Waals surface area contributed by atoms with Crippen molar-refractivity contribution < 1.29 is 4.79 Å². The summed E-state index contributed by atoms with van der Waals surface area (Å²) in [7, 11) is 2.16. The van der Waals surface area contributed by atoms with E-state index in [9.17, 15) is 4.79 Å². The predicted molar refractivity (Wildman–Crippen MR) is 120 cm³/mol. The topological polar surface area (TPSA) is 72.1 Å². The third-order valence-electron chi connectivity index (χ3n) is 5.94. The molecule has 1 aliphatic rings. The van der Waals surface area contributed by atoms with E-state index in [0.29, 0.717) is 17.2 Å². The summed E-state index contributed by atoms with van der Waals surface area (Å²) in [6.07, 6.45) is 6.81. The van der Waals surface area contributed by atoms with Crippen LogP contribution in [-0.2, 0) is 12.8 Å². The zero-order valence-corrected chi connectivity index (χ0v) is 17.4. The molecule has 0 bridgehead atoms. The minimum atomic E-state index is -0.0160. The van der Waals surface area contributed by atoms with Gasteiger partial charge in [0.15, 0.2) is 5.78 Å². The number of nitrogens with zero attached hydrogens (tertiary/aromatic N) is 3. The first-order chi connectivity index (χ1) is 14.6. The third kappa shape index (κ3) is 4.92. The highest BCUT2D eigenvalue weighted by Crippen LogP contribution is 2.25. The first kappa shape index (κ1) is 20.2. The van der Waals surface area contributed by atoms with Gasteiger partial charge in [-0.05, 0) is 67.7 Å². The molecule has 2 heterocycles. The van der Waals surface area contributed by atoms with Crippen molar-refractivity contribution in [3.63, 3.8) is 0 Å². The molecule has 30 heavy (non-hydrogen) atoms. The summed E-state index contributed by atoms with van der Waals surface area (Å²) >= 11 is 0. The molecule has 4 rings (SSSR count). The molecule has 0 aliphatic carbocycles. The molecule has 5 nitrogen and oxygen atoms in total. The summed E-state index contributed by atoms with van der Waals surface area (Å²) in [5, 5.41) is 0. The number of Topliss-reactive ketones (excluding diaryl/α,β-unsaturated/α-hetero) is 1. The zero-order chi connectivity index (χ0) is 20.9. The van der Waals surface area contributed by atoms with E-state index in [-0.39, 0.29) is 12.2 Å². The molecule has 1 aromatic heterocycles. The van der Waals surface area contributed by atoms with Gasteiger partial charge < -0.3 is 10.6 Å². The van der Waals surface area contributed by atoms with Crippen molar-refractivity contribution in [1.82, 2.24) is 14.9 Å². The van der Waals surface area contributed by atoms with E-state index in [1.165, 1.54) is 12.8 Å².